The minimum absolute atomic E-state index is 0.566. The SMILES string of the molecule is CCNC1CCCC1CN1CCN(CC(C)(C)O)CC1. The molecule has 0 aromatic heterocycles. The Morgan fingerprint density at radius 2 is 1.75 bits per heavy atom. The lowest BCUT2D eigenvalue weighted by Crippen LogP contribution is -2.52. The molecule has 1 saturated heterocycles. The monoisotopic (exact) mass is 283 g/mol. The van der Waals surface area contributed by atoms with Crippen LogP contribution in [-0.4, -0.2) is 72.4 Å². The Kier molecular flexibility index (Phi) is 5.84. The van der Waals surface area contributed by atoms with Gasteiger partial charge < -0.3 is 15.3 Å². The number of rotatable bonds is 6. The number of β-amino-alcohol motifs (C(OH)–C–C–N with tert-alkyl or cyclic N) is 1. The van der Waals surface area contributed by atoms with Gasteiger partial charge in [0, 0.05) is 45.3 Å². The normalized spacial score (nSPS) is 30.0. The second kappa shape index (κ2) is 7.21. The van der Waals surface area contributed by atoms with Crippen molar-refractivity contribution in [3.05, 3.63) is 0 Å². The molecule has 2 unspecified atom stereocenters. The molecule has 4 nitrogen and oxygen atoms in total. The van der Waals surface area contributed by atoms with E-state index in [9.17, 15) is 5.11 Å². The van der Waals surface area contributed by atoms with Crippen molar-refractivity contribution >= 4 is 0 Å². The number of nitrogens with one attached hydrogen (secondary N) is 1. The van der Waals surface area contributed by atoms with Crippen LogP contribution in [0.5, 0.6) is 0 Å². The van der Waals surface area contributed by atoms with E-state index >= 15 is 0 Å². The van der Waals surface area contributed by atoms with Crippen molar-refractivity contribution < 1.29 is 5.11 Å². The molecule has 0 spiro atoms. The van der Waals surface area contributed by atoms with Gasteiger partial charge in [-0.15, -0.1) is 0 Å². The van der Waals surface area contributed by atoms with E-state index in [4.69, 9.17) is 0 Å². The van der Waals surface area contributed by atoms with E-state index in [1.165, 1.54) is 25.8 Å². The first kappa shape index (κ1) is 16.2. The minimum Gasteiger partial charge on any atom is -0.389 e. The smallest absolute Gasteiger partial charge is 0.0718 e. The van der Waals surface area contributed by atoms with Crippen LogP contribution >= 0.6 is 0 Å². The quantitative estimate of drug-likeness (QED) is 0.767. The molecule has 0 radical (unpaired) electrons. The topological polar surface area (TPSA) is 38.7 Å². The second-order valence-corrected chi connectivity index (χ2v) is 7.24. The average Bonchev–Trinajstić information content (AvgIpc) is 2.78. The Balaban J connectivity index is 1.71. The van der Waals surface area contributed by atoms with Gasteiger partial charge in [-0.1, -0.05) is 13.3 Å². The molecular weight excluding hydrogens is 250 g/mol. The highest BCUT2D eigenvalue weighted by Crippen LogP contribution is 2.26. The molecule has 1 saturated carbocycles. The van der Waals surface area contributed by atoms with Crippen molar-refractivity contribution in [1.29, 1.82) is 0 Å². The molecule has 0 aromatic rings. The van der Waals surface area contributed by atoms with Gasteiger partial charge in [0.1, 0.15) is 0 Å². The number of nitrogens with zero attached hydrogens (tertiary/aromatic N) is 2. The molecule has 1 aliphatic heterocycles. The lowest BCUT2D eigenvalue weighted by molar-refractivity contribution is 0.0153. The molecule has 0 aromatic carbocycles. The molecule has 2 fully saturated rings. The first-order valence-corrected chi connectivity index (χ1v) is 8.38. The third kappa shape index (κ3) is 4.99. The fraction of sp³-hybridized carbons (Fsp3) is 1.00. The lowest BCUT2D eigenvalue weighted by Gasteiger charge is -2.38. The zero-order valence-corrected chi connectivity index (χ0v) is 13.6. The molecule has 4 heteroatoms. The average molecular weight is 283 g/mol. The molecule has 2 aliphatic rings. The van der Waals surface area contributed by atoms with Gasteiger partial charge in [0.25, 0.3) is 0 Å². The van der Waals surface area contributed by atoms with E-state index in [0.29, 0.717) is 0 Å². The largest absolute Gasteiger partial charge is 0.389 e. The molecule has 0 amide bonds. The molecule has 2 rings (SSSR count). The molecule has 118 valence electrons. The van der Waals surface area contributed by atoms with Gasteiger partial charge in [0.15, 0.2) is 0 Å². The van der Waals surface area contributed by atoms with E-state index in [0.717, 1.165) is 51.2 Å². The molecule has 2 N–H and O–H groups in total. The maximum atomic E-state index is 9.90. The molecule has 0 bridgehead atoms. The van der Waals surface area contributed by atoms with Gasteiger partial charge in [0.05, 0.1) is 5.60 Å². The van der Waals surface area contributed by atoms with Crippen LogP contribution in [0.1, 0.15) is 40.0 Å². The highest BCUT2D eigenvalue weighted by atomic mass is 16.3. The third-order valence-electron chi connectivity index (χ3n) is 4.69. The van der Waals surface area contributed by atoms with Crippen LogP contribution in [0.2, 0.25) is 0 Å². The van der Waals surface area contributed by atoms with E-state index in [-0.39, 0.29) is 0 Å². The summed E-state index contributed by atoms with van der Waals surface area (Å²) in [6.45, 7) is 13.7. The number of aliphatic hydroxyl groups is 1. The van der Waals surface area contributed by atoms with Crippen LogP contribution < -0.4 is 5.32 Å². The summed E-state index contributed by atoms with van der Waals surface area (Å²) >= 11 is 0. The molecule has 2 atom stereocenters. The summed E-state index contributed by atoms with van der Waals surface area (Å²) in [7, 11) is 0. The van der Waals surface area contributed by atoms with E-state index in [1.54, 1.807) is 0 Å². The molecular formula is C16H33N3O. The van der Waals surface area contributed by atoms with Gasteiger partial charge in [-0.3, -0.25) is 4.90 Å². The first-order chi connectivity index (χ1) is 9.48. The summed E-state index contributed by atoms with van der Waals surface area (Å²) in [6.07, 6.45) is 4.14. The highest BCUT2D eigenvalue weighted by molar-refractivity contribution is 4.86. The maximum absolute atomic E-state index is 9.90. The Bertz CT molecular complexity index is 282. The zero-order valence-electron chi connectivity index (χ0n) is 13.6. The summed E-state index contributed by atoms with van der Waals surface area (Å²) in [5, 5.41) is 13.5. The zero-order chi connectivity index (χ0) is 14.6. The summed E-state index contributed by atoms with van der Waals surface area (Å²) < 4.78 is 0. The highest BCUT2D eigenvalue weighted by Gasteiger charge is 2.29. The van der Waals surface area contributed by atoms with Crippen LogP contribution in [0, 0.1) is 5.92 Å². The van der Waals surface area contributed by atoms with Gasteiger partial charge in [-0.25, -0.2) is 0 Å². The van der Waals surface area contributed by atoms with Crippen molar-refractivity contribution in [2.24, 2.45) is 5.92 Å². The van der Waals surface area contributed by atoms with Gasteiger partial charge in [-0.2, -0.15) is 0 Å². The third-order valence-corrected chi connectivity index (χ3v) is 4.69. The predicted octanol–water partition coefficient (Wildman–Crippen LogP) is 1.15. The van der Waals surface area contributed by atoms with E-state index in [2.05, 4.69) is 22.0 Å². The molecule has 20 heavy (non-hydrogen) atoms. The summed E-state index contributed by atoms with van der Waals surface area (Å²) in [5.74, 6) is 0.843. The minimum atomic E-state index is -0.566. The summed E-state index contributed by atoms with van der Waals surface area (Å²) in [4.78, 5) is 5.02. The van der Waals surface area contributed by atoms with Crippen LogP contribution in [-0.2, 0) is 0 Å². The number of hydrogen-bond acceptors (Lipinski definition) is 4. The molecule has 1 aliphatic carbocycles. The Hall–Kier alpha value is -0.160. The number of piperazine rings is 1. The van der Waals surface area contributed by atoms with Crippen molar-refractivity contribution in [1.82, 2.24) is 15.1 Å². The Morgan fingerprint density at radius 1 is 1.10 bits per heavy atom. The fourth-order valence-electron chi connectivity index (χ4n) is 3.80. The van der Waals surface area contributed by atoms with Crippen LogP contribution in [0.25, 0.3) is 0 Å². The summed E-state index contributed by atoms with van der Waals surface area (Å²) in [6, 6.07) is 0.745. The standard InChI is InChI=1S/C16H33N3O/c1-4-17-15-7-5-6-14(15)12-18-8-10-19(11-9-18)13-16(2,3)20/h14-15,17,20H,4-13H2,1-3H3. The van der Waals surface area contributed by atoms with E-state index in [1.807, 2.05) is 13.8 Å². The molecule has 1 heterocycles. The van der Waals surface area contributed by atoms with E-state index < -0.39 is 5.60 Å². The maximum Gasteiger partial charge on any atom is 0.0718 e. The van der Waals surface area contributed by atoms with Crippen LogP contribution in [0.3, 0.4) is 0 Å². The van der Waals surface area contributed by atoms with Gasteiger partial charge >= 0.3 is 0 Å². The predicted molar refractivity (Wildman–Crippen MR) is 84.0 cm³/mol. The van der Waals surface area contributed by atoms with Gasteiger partial charge in [-0.05, 0) is 39.2 Å². The van der Waals surface area contributed by atoms with Crippen molar-refractivity contribution in [3.8, 4) is 0 Å². The van der Waals surface area contributed by atoms with Crippen LogP contribution in [0.4, 0.5) is 0 Å². The fourth-order valence-corrected chi connectivity index (χ4v) is 3.80. The number of hydrogen-bond donors (Lipinski definition) is 2. The van der Waals surface area contributed by atoms with Crippen LogP contribution in [0.15, 0.2) is 0 Å². The van der Waals surface area contributed by atoms with Crippen molar-refractivity contribution in [3.63, 3.8) is 0 Å². The Labute approximate surface area is 124 Å². The van der Waals surface area contributed by atoms with Gasteiger partial charge in [0.2, 0.25) is 0 Å². The first-order valence-electron chi connectivity index (χ1n) is 8.38. The lowest BCUT2D eigenvalue weighted by atomic mass is 10.0. The van der Waals surface area contributed by atoms with Crippen molar-refractivity contribution in [2.75, 3.05) is 45.8 Å². The summed E-state index contributed by atoms with van der Waals surface area (Å²) in [5.41, 5.74) is -0.566. The second-order valence-electron chi connectivity index (χ2n) is 7.24. The van der Waals surface area contributed by atoms with Crippen molar-refractivity contribution in [2.45, 2.75) is 51.7 Å². The Morgan fingerprint density at radius 3 is 2.35 bits per heavy atom.